The number of carbonyl (C=O) groups is 1. The van der Waals surface area contributed by atoms with E-state index in [1.807, 2.05) is 36.4 Å². The fourth-order valence-electron chi connectivity index (χ4n) is 2.80. The largest absolute Gasteiger partial charge is 0.454 e. The van der Waals surface area contributed by atoms with Gasteiger partial charge in [0.2, 0.25) is 12.7 Å². The highest BCUT2D eigenvalue weighted by Gasteiger charge is 2.14. The van der Waals surface area contributed by atoms with E-state index in [9.17, 15) is 4.79 Å². The molecule has 0 fully saturated rings. The second kappa shape index (κ2) is 6.87. The number of benzene rings is 1. The molecule has 1 aromatic carbocycles. The first-order valence-electron chi connectivity index (χ1n) is 8.32. The van der Waals surface area contributed by atoms with Gasteiger partial charge in [-0.25, -0.2) is 0 Å². The van der Waals surface area contributed by atoms with Crippen LogP contribution in [0, 0.1) is 0 Å². The topological polar surface area (TPSA) is 78.3 Å². The van der Waals surface area contributed by atoms with Gasteiger partial charge in [-0.1, -0.05) is 6.07 Å². The molecule has 1 amide bonds. The Balaban J connectivity index is 1.38. The highest BCUT2D eigenvalue weighted by molar-refractivity contribution is 5.90. The Morgan fingerprint density at radius 1 is 1.23 bits per heavy atom. The minimum Gasteiger partial charge on any atom is -0.454 e. The van der Waals surface area contributed by atoms with E-state index < -0.39 is 0 Å². The zero-order chi connectivity index (χ0) is 17.9. The van der Waals surface area contributed by atoms with E-state index in [0.29, 0.717) is 18.7 Å². The number of amides is 1. The van der Waals surface area contributed by atoms with Gasteiger partial charge in [-0.2, -0.15) is 5.10 Å². The highest BCUT2D eigenvalue weighted by atomic mass is 16.7. The second-order valence-electron chi connectivity index (χ2n) is 6.02. The molecule has 1 aliphatic rings. The van der Waals surface area contributed by atoms with Crippen molar-refractivity contribution in [2.24, 2.45) is 7.05 Å². The molecule has 0 aliphatic carbocycles. The summed E-state index contributed by atoms with van der Waals surface area (Å²) in [5.74, 6) is 2.06. The van der Waals surface area contributed by atoms with Crippen molar-refractivity contribution in [2.75, 3.05) is 12.1 Å². The molecule has 3 heterocycles. The molecule has 0 spiro atoms. The molecule has 7 nitrogen and oxygen atoms in total. The van der Waals surface area contributed by atoms with E-state index in [-0.39, 0.29) is 12.7 Å². The molecule has 1 N–H and O–H groups in total. The molecular formula is C19H18N4O3. The molecule has 0 saturated heterocycles. The lowest BCUT2D eigenvalue weighted by atomic mass is 10.1. The Bertz CT molecular complexity index is 937. The summed E-state index contributed by atoms with van der Waals surface area (Å²) in [5.41, 5.74) is 2.71. The zero-order valence-electron chi connectivity index (χ0n) is 14.3. The first-order chi connectivity index (χ1) is 12.7. The van der Waals surface area contributed by atoms with E-state index >= 15 is 0 Å². The third kappa shape index (κ3) is 3.37. The summed E-state index contributed by atoms with van der Waals surface area (Å²) in [6.45, 7) is 0.249. The van der Waals surface area contributed by atoms with Gasteiger partial charge in [-0.15, -0.1) is 0 Å². The molecule has 4 rings (SSSR count). The Hall–Kier alpha value is -3.35. The number of nitrogens with zero attached hydrogens (tertiary/aromatic N) is 3. The summed E-state index contributed by atoms with van der Waals surface area (Å²) in [7, 11) is 1.80. The quantitative estimate of drug-likeness (QED) is 0.765. The molecule has 26 heavy (non-hydrogen) atoms. The van der Waals surface area contributed by atoms with Gasteiger partial charge < -0.3 is 14.8 Å². The number of rotatable bonds is 5. The van der Waals surface area contributed by atoms with Crippen molar-refractivity contribution in [3.8, 4) is 22.8 Å². The summed E-state index contributed by atoms with van der Waals surface area (Å²) < 4.78 is 12.3. The van der Waals surface area contributed by atoms with Gasteiger partial charge in [-0.3, -0.25) is 14.5 Å². The third-order valence-corrected chi connectivity index (χ3v) is 4.18. The first-order valence-corrected chi connectivity index (χ1v) is 8.32. The van der Waals surface area contributed by atoms with Crippen LogP contribution in [0.1, 0.15) is 12.0 Å². The van der Waals surface area contributed by atoms with Crippen molar-refractivity contribution in [3.05, 3.63) is 54.4 Å². The van der Waals surface area contributed by atoms with Crippen LogP contribution >= 0.6 is 0 Å². The molecule has 132 valence electrons. The van der Waals surface area contributed by atoms with Crippen molar-refractivity contribution in [3.63, 3.8) is 0 Å². The standard InChI is InChI=1S/C19H18N4O3/c1-23-18(10-15(22-23)14-3-2-8-20-11-14)21-19(24)7-5-13-4-6-16-17(9-13)26-12-25-16/h2-4,6,8-11H,5,7,12H2,1H3,(H,21,24). The Kier molecular flexibility index (Phi) is 4.27. The summed E-state index contributed by atoms with van der Waals surface area (Å²) in [6.07, 6.45) is 4.45. The predicted octanol–water partition coefficient (Wildman–Crippen LogP) is 2.78. The molecule has 2 aromatic heterocycles. The molecule has 0 atom stereocenters. The summed E-state index contributed by atoms with van der Waals surface area (Å²) in [6, 6.07) is 11.4. The minimum absolute atomic E-state index is 0.0663. The maximum absolute atomic E-state index is 12.3. The number of aromatic nitrogens is 3. The van der Waals surface area contributed by atoms with Crippen molar-refractivity contribution in [1.82, 2.24) is 14.8 Å². The number of hydrogen-bond donors (Lipinski definition) is 1. The average Bonchev–Trinajstić information content (AvgIpc) is 3.27. The monoisotopic (exact) mass is 350 g/mol. The van der Waals surface area contributed by atoms with Crippen LogP contribution in [-0.2, 0) is 18.3 Å². The van der Waals surface area contributed by atoms with Crippen molar-refractivity contribution in [1.29, 1.82) is 0 Å². The molecule has 0 unspecified atom stereocenters. The molecule has 0 bridgehead atoms. The maximum Gasteiger partial charge on any atom is 0.231 e. The molecule has 7 heteroatoms. The zero-order valence-corrected chi connectivity index (χ0v) is 14.3. The van der Waals surface area contributed by atoms with E-state index in [4.69, 9.17) is 9.47 Å². The van der Waals surface area contributed by atoms with Gasteiger partial charge in [0.25, 0.3) is 0 Å². The molecule has 3 aromatic rings. The number of fused-ring (bicyclic) bond motifs is 1. The van der Waals surface area contributed by atoms with Crippen LogP contribution in [0.15, 0.2) is 48.8 Å². The van der Waals surface area contributed by atoms with Gasteiger partial charge in [0.05, 0.1) is 5.69 Å². The summed E-state index contributed by atoms with van der Waals surface area (Å²) in [5, 5.41) is 7.33. The number of nitrogens with one attached hydrogen (secondary N) is 1. The van der Waals surface area contributed by atoms with Gasteiger partial charge in [-0.05, 0) is 36.2 Å². The Morgan fingerprint density at radius 2 is 2.12 bits per heavy atom. The average molecular weight is 350 g/mol. The highest BCUT2D eigenvalue weighted by Crippen LogP contribution is 2.32. The van der Waals surface area contributed by atoms with Crippen LogP contribution in [0.5, 0.6) is 11.5 Å². The molecule has 0 saturated carbocycles. The number of carbonyl (C=O) groups excluding carboxylic acids is 1. The molecular weight excluding hydrogens is 332 g/mol. The normalized spacial score (nSPS) is 12.2. The summed E-state index contributed by atoms with van der Waals surface area (Å²) in [4.78, 5) is 16.4. The van der Waals surface area contributed by atoms with Crippen LogP contribution in [0.25, 0.3) is 11.3 Å². The third-order valence-electron chi connectivity index (χ3n) is 4.18. The Morgan fingerprint density at radius 3 is 2.96 bits per heavy atom. The molecule has 1 aliphatic heterocycles. The second-order valence-corrected chi connectivity index (χ2v) is 6.02. The number of aryl methyl sites for hydroxylation is 2. The van der Waals surface area contributed by atoms with E-state index in [0.717, 1.165) is 28.3 Å². The van der Waals surface area contributed by atoms with E-state index in [1.54, 1.807) is 24.1 Å². The van der Waals surface area contributed by atoms with Crippen molar-refractivity contribution in [2.45, 2.75) is 12.8 Å². The van der Waals surface area contributed by atoms with Crippen molar-refractivity contribution < 1.29 is 14.3 Å². The lowest BCUT2D eigenvalue weighted by molar-refractivity contribution is -0.116. The smallest absolute Gasteiger partial charge is 0.231 e. The predicted molar refractivity (Wildman–Crippen MR) is 96.0 cm³/mol. The molecule has 0 radical (unpaired) electrons. The number of pyridine rings is 1. The fourth-order valence-corrected chi connectivity index (χ4v) is 2.80. The number of hydrogen-bond acceptors (Lipinski definition) is 5. The minimum atomic E-state index is -0.0663. The maximum atomic E-state index is 12.3. The van der Waals surface area contributed by atoms with E-state index in [2.05, 4.69) is 15.4 Å². The van der Waals surface area contributed by atoms with Crippen LogP contribution in [-0.4, -0.2) is 27.5 Å². The van der Waals surface area contributed by atoms with Crippen LogP contribution < -0.4 is 14.8 Å². The van der Waals surface area contributed by atoms with Crippen LogP contribution in [0.3, 0.4) is 0 Å². The van der Waals surface area contributed by atoms with Crippen LogP contribution in [0.2, 0.25) is 0 Å². The van der Waals surface area contributed by atoms with Gasteiger partial charge in [0.15, 0.2) is 11.5 Å². The lowest BCUT2D eigenvalue weighted by Gasteiger charge is -2.06. The lowest BCUT2D eigenvalue weighted by Crippen LogP contribution is -2.14. The van der Waals surface area contributed by atoms with Gasteiger partial charge in [0, 0.05) is 37.5 Å². The first kappa shape index (κ1) is 16.1. The number of ether oxygens (including phenoxy) is 2. The van der Waals surface area contributed by atoms with Crippen molar-refractivity contribution >= 4 is 11.7 Å². The van der Waals surface area contributed by atoms with Gasteiger partial charge >= 0.3 is 0 Å². The SMILES string of the molecule is Cn1nc(-c2cccnc2)cc1NC(=O)CCc1ccc2c(c1)OCO2. The van der Waals surface area contributed by atoms with Crippen LogP contribution in [0.4, 0.5) is 5.82 Å². The van der Waals surface area contributed by atoms with E-state index in [1.165, 1.54) is 0 Å². The fraction of sp³-hybridized carbons (Fsp3) is 0.211. The Labute approximate surface area is 150 Å². The number of anilines is 1. The summed E-state index contributed by atoms with van der Waals surface area (Å²) >= 11 is 0. The van der Waals surface area contributed by atoms with Gasteiger partial charge in [0.1, 0.15) is 5.82 Å².